The van der Waals surface area contributed by atoms with Crippen molar-refractivity contribution in [2.24, 2.45) is 0 Å². The third kappa shape index (κ3) is 4.87. The number of ether oxygens (including phenoxy) is 2. The molecule has 1 aliphatic carbocycles. The highest BCUT2D eigenvalue weighted by Gasteiger charge is 2.52. The second-order valence-electron chi connectivity index (χ2n) is 11.3. The van der Waals surface area contributed by atoms with Crippen LogP contribution in [0.3, 0.4) is 0 Å². The molecule has 0 spiro atoms. The number of nitrogens with one attached hydrogen (secondary N) is 1. The number of methoxy groups -OCH3 is 1. The predicted molar refractivity (Wildman–Crippen MR) is 140 cm³/mol. The van der Waals surface area contributed by atoms with Crippen LogP contribution >= 0.6 is 0 Å². The minimum atomic E-state index is -0.943. The summed E-state index contributed by atoms with van der Waals surface area (Å²) in [5.74, 6) is 1.13. The third-order valence-electron chi connectivity index (χ3n) is 7.59. The van der Waals surface area contributed by atoms with Gasteiger partial charge in [-0.15, -0.1) is 0 Å². The number of hydrogen-bond acceptors (Lipinski definition) is 6. The van der Waals surface area contributed by atoms with Crippen LogP contribution in [0.1, 0.15) is 81.3 Å². The van der Waals surface area contributed by atoms with Gasteiger partial charge in [-0.3, -0.25) is 9.78 Å². The molecular formula is C29H36N4O4. The Balaban J connectivity index is 1.64. The number of pyridine rings is 1. The Morgan fingerprint density at radius 1 is 1.16 bits per heavy atom. The summed E-state index contributed by atoms with van der Waals surface area (Å²) in [6.45, 7) is 6.15. The monoisotopic (exact) mass is 504 g/mol. The van der Waals surface area contributed by atoms with Crippen molar-refractivity contribution in [2.75, 3.05) is 13.7 Å². The molecule has 196 valence electrons. The van der Waals surface area contributed by atoms with Crippen LogP contribution < -0.4 is 0 Å². The quantitative estimate of drug-likeness (QED) is 0.482. The minimum Gasteiger partial charge on any atom is -0.443 e. The number of benzene rings is 1. The number of aromatic amines is 1. The van der Waals surface area contributed by atoms with Crippen LogP contribution in [0, 0.1) is 0 Å². The van der Waals surface area contributed by atoms with E-state index in [1.54, 1.807) is 19.5 Å². The highest BCUT2D eigenvalue weighted by Crippen LogP contribution is 2.44. The van der Waals surface area contributed by atoms with Crippen LogP contribution in [-0.4, -0.2) is 51.1 Å². The van der Waals surface area contributed by atoms with Gasteiger partial charge in [0, 0.05) is 37.5 Å². The van der Waals surface area contributed by atoms with E-state index in [0.29, 0.717) is 31.9 Å². The molecule has 1 aliphatic heterocycles. The fraction of sp³-hybridized carbons (Fsp3) is 0.517. The molecule has 8 nitrogen and oxygen atoms in total. The van der Waals surface area contributed by atoms with E-state index in [1.807, 2.05) is 45.0 Å². The molecule has 8 heteroatoms. The van der Waals surface area contributed by atoms with Gasteiger partial charge in [-0.2, -0.15) is 0 Å². The van der Waals surface area contributed by atoms with Gasteiger partial charge in [0.2, 0.25) is 5.91 Å². The van der Waals surface area contributed by atoms with Gasteiger partial charge in [0.15, 0.2) is 0 Å². The van der Waals surface area contributed by atoms with Gasteiger partial charge < -0.3 is 14.5 Å². The van der Waals surface area contributed by atoms with E-state index < -0.39 is 17.1 Å². The predicted octanol–water partition coefficient (Wildman–Crippen LogP) is 5.41. The van der Waals surface area contributed by atoms with Crippen LogP contribution in [0.2, 0.25) is 0 Å². The van der Waals surface area contributed by atoms with Gasteiger partial charge in [0.05, 0.1) is 23.1 Å². The third-order valence-corrected chi connectivity index (χ3v) is 7.59. The molecule has 0 radical (unpaired) electrons. The Labute approximate surface area is 217 Å². The van der Waals surface area contributed by atoms with Crippen LogP contribution in [-0.2, 0) is 32.7 Å². The number of amides is 2. The van der Waals surface area contributed by atoms with E-state index >= 15 is 0 Å². The zero-order valence-electron chi connectivity index (χ0n) is 22.2. The SMILES string of the molecule is COCc1ccc(C2(Cc3ccncc3)CCN(C(=O)OC(C)(C)C)C2=O)c2[nH]c(C3CCCC3)nc12. The molecule has 2 aromatic heterocycles. The lowest BCUT2D eigenvalue weighted by molar-refractivity contribution is -0.131. The largest absolute Gasteiger partial charge is 0.443 e. The molecule has 1 N–H and O–H groups in total. The van der Waals surface area contributed by atoms with Gasteiger partial charge in [-0.05, 0) is 69.7 Å². The molecule has 1 unspecified atom stereocenters. The fourth-order valence-electron chi connectivity index (χ4n) is 5.85. The van der Waals surface area contributed by atoms with Crippen molar-refractivity contribution in [1.82, 2.24) is 19.9 Å². The maximum Gasteiger partial charge on any atom is 0.417 e. The number of fused-ring (bicyclic) bond motifs is 1. The Hall–Kier alpha value is -3.26. The van der Waals surface area contributed by atoms with E-state index in [4.69, 9.17) is 14.5 Å². The van der Waals surface area contributed by atoms with Gasteiger partial charge in [-0.1, -0.05) is 25.0 Å². The normalized spacial score (nSPS) is 20.8. The lowest BCUT2D eigenvalue weighted by Crippen LogP contribution is -2.44. The van der Waals surface area contributed by atoms with E-state index in [0.717, 1.165) is 46.4 Å². The molecule has 3 aromatic rings. The smallest absolute Gasteiger partial charge is 0.417 e. The Morgan fingerprint density at radius 2 is 1.89 bits per heavy atom. The number of hydrogen-bond donors (Lipinski definition) is 1. The summed E-state index contributed by atoms with van der Waals surface area (Å²) in [6, 6.07) is 7.89. The number of imide groups is 1. The minimum absolute atomic E-state index is 0.239. The first-order valence-corrected chi connectivity index (χ1v) is 13.2. The number of carbonyl (C=O) groups excluding carboxylic acids is 2. The zero-order valence-corrected chi connectivity index (χ0v) is 22.2. The topological polar surface area (TPSA) is 97.4 Å². The van der Waals surface area contributed by atoms with Gasteiger partial charge in [0.25, 0.3) is 0 Å². The molecule has 1 saturated carbocycles. The van der Waals surface area contributed by atoms with Crippen molar-refractivity contribution in [3.05, 3.63) is 59.2 Å². The maximum atomic E-state index is 14.2. The highest BCUT2D eigenvalue weighted by atomic mass is 16.6. The van der Waals surface area contributed by atoms with Crippen molar-refractivity contribution < 1.29 is 19.1 Å². The number of carbonyl (C=O) groups is 2. The summed E-state index contributed by atoms with van der Waals surface area (Å²) in [5, 5.41) is 0. The summed E-state index contributed by atoms with van der Waals surface area (Å²) in [7, 11) is 1.68. The number of imidazole rings is 1. The summed E-state index contributed by atoms with van der Waals surface area (Å²) in [4.78, 5) is 41.4. The standard InChI is InChI=1S/C29H36N4O4/c1-28(2,3)37-27(35)33-16-13-29(26(33)34,17-19-11-14-30-15-12-19)22-10-9-21(18-36-4)23-24(22)32-25(31-23)20-7-5-6-8-20/h9-12,14-15,20H,5-8,13,16-18H2,1-4H3,(H,31,32). The summed E-state index contributed by atoms with van der Waals surface area (Å²) in [5.41, 5.74) is 2.91. The first kappa shape index (κ1) is 25.4. The summed E-state index contributed by atoms with van der Waals surface area (Å²) < 4.78 is 11.1. The number of aromatic nitrogens is 3. The molecule has 2 amide bonds. The number of H-pyrrole nitrogens is 1. The Kier molecular flexibility index (Phi) is 6.79. The first-order chi connectivity index (χ1) is 17.7. The summed E-state index contributed by atoms with van der Waals surface area (Å²) >= 11 is 0. The lowest BCUT2D eigenvalue weighted by atomic mass is 9.73. The van der Waals surface area contributed by atoms with Crippen LogP contribution in [0.25, 0.3) is 11.0 Å². The molecule has 0 bridgehead atoms. The van der Waals surface area contributed by atoms with Crippen molar-refractivity contribution in [3.8, 4) is 0 Å². The Bertz CT molecular complexity index is 1290. The van der Waals surface area contributed by atoms with E-state index in [2.05, 4.69) is 9.97 Å². The van der Waals surface area contributed by atoms with Crippen LogP contribution in [0.5, 0.6) is 0 Å². The first-order valence-electron chi connectivity index (χ1n) is 13.2. The molecular weight excluding hydrogens is 468 g/mol. The molecule has 5 rings (SSSR count). The van der Waals surface area contributed by atoms with Crippen molar-refractivity contribution in [2.45, 2.75) is 82.8 Å². The van der Waals surface area contributed by atoms with E-state index in [9.17, 15) is 9.59 Å². The number of rotatable bonds is 6. The van der Waals surface area contributed by atoms with Gasteiger partial charge in [0.1, 0.15) is 11.4 Å². The van der Waals surface area contributed by atoms with Gasteiger partial charge in [-0.25, -0.2) is 14.7 Å². The molecule has 2 aliphatic rings. The van der Waals surface area contributed by atoms with Crippen LogP contribution in [0.4, 0.5) is 4.79 Å². The second-order valence-corrected chi connectivity index (χ2v) is 11.3. The maximum absolute atomic E-state index is 14.2. The second kappa shape index (κ2) is 9.89. The average Bonchev–Trinajstić information content (AvgIpc) is 3.59. The van der Waals surface area contributed by atoms with Gasteiger partial charge >= 0.3 is 6.09 Å². The number of likely N-dealkylation sites (tertiary alicyclic amines) is 1. The molecule has 3 heterocycles. The molecule has 1 atom stereocenters. The fourth-order valence-corrected chi connectivity index (χ4v) is 5.85. The lowest BCUT2D eigenvalue weighted by Gasteiger charge is -2.30. The highest BCUT2D eigenvalue weighted by molar-refractivity contribution is 6.03. The van der Waals surface area contributed by atoms with Crippen molar-refractivity contribution in [1.29, 1.82) is 0 Å². The summed E-state index contributed by atoms with van der Waals surface area (Å²) in [6.07, 6.45) is 8.44. The van der Waals surface area contributed by atoms with E-state index in [-0.39, 0.29) is 5.91 Å². The molecule has 37 heavy (non-hydrogen) atoms. The molecule has 2 fully saturated rings. The van der Waals surface area contributed by atoms with Crippen molar-refractivity contribution in [3.63, 3.8) is 0 Å². The average molecular weight is 505 g/mol. The number of nitrogens with zero attached hydrogens (tertiary/aromatic N) is 3. The molecule has 1 saturated heterocycles. The van der Waals surface area contributed by atoms with E-state index in [1.165, 1.54) is 17.7 Å². The zero-order chi connectivity index (χ0) is 26.2. The molecule has 1 aromatic carbocycles. The van der Waals surface area contributed by atoms with Crippen LogP contribution in [0.15, 0.2) is 36.7 Å². The van der Waals surface area contributed by atoms with Crippen molar-refractivity contribution >= 4 is 23.0 Å². The Morgan fingerprint density at radius 3 is 2.57 bits per heavy atom.